The van der Waals surface area contributed by atoms with Gasteiger partial charge in [0.2, 0.25) is 0 Å². The molecule has 1 nitrogen and oxygen atoms in total. The maximum atomic E-state index is 2.46. The van der Waals surface area contributed by atoms with Crippen molar-refractivity contribution in [1.29, 1.82) is 0 Å². The van der Waals surface area contributed by atoms with Gasteiger partial charge in [-0.25, -0.2) is 0 Å². The van der Waals surface area contributed by atoms with Crippen LogP contribution in [-0.4, -0.2) is 0 Å². The zero-order chi connectivity index (χ0) is 47.8. The predicted octanol–water partition coefficient (Wildman–Crippen LogP) is 17.8. The summed E-state index contributed by atoms with van der Waals surface area (Å²) < 4.78 is 0. The molecule has 0 amide bonds. The minimum absolute atomic E-state index is 0.138. The van der Waals surface area contributed by atoms with Crippen LogP contribution >= 0.6 is 0 Å². The van der Waals surface area contributed by atoms with E-state index in [-0.39, 0.29) is 5.41 Å². The van der Waals surface area contributed by atoms with Crippen LogP contribution in [-0.2, 0) is 16.2 Å². The van der Waals surface area contributed by atoms with Crippen LogP contribution < -0.4 is 4.90 Å². The molecule has 0 fully saturated rings. The fraction of sp³-hybridized carbons (Fsp3) is 0.0704. The predicted molar refractivity (Wildman–Crippen MR) is 298 cm³/mol. The van der Waals surface area contributed by atoms with Gasteiger partial charge in [0.1, 0.15) is 0 Å². The summed E-state index contributed by atoms with van der Waals surface area (Å²) >= 11 is 0. The molecule has 11 aromatic rings. The van der Waals surface area contributed by atoms with Gasteiger partial charge in [-0.2, -0.15) is 0 Å². The number of rotatable bonds is 5. The number of nitrogens with zero attached hydrogens (tertiary/aromatic N) is 1. The van der Waals surface area contributed by atoms with Gasteiger partial charge < -0.3 is 4.90 Å². The highest BCUT2D eigenvalue weighted by molar-refractivity contribution is 5.99. The average Bonchev–Trinajstić information content (AvgIpc) is 4.01. The van der Waals surface area contributed by atoms with E-state index in [1.54, 1.807) is 0 Å². The van der Waals surface area contributed by atoms with E-state index in [9.17, 15) is 0 Å². The molecule has 1 heteroatoms. The molecule has 0 saturated carbocycles. The van der Waals surface area contributed by atoms with Crippen molar-refractivity contribution in [3.8, 4) is 55.6 Å². The summed E-state index contributed by atoms with van der Waals surface area (Å²) in [5, 5.41) is 0. The second kappa shape index (κ2) is 15.1. The van der Waals surface area contributed by atoms with Gasteiger partial charge in [0.05, 0.1) is 10.8 Å². The standard InChI is InChI=1S/C71H49N/c1-69(2)58-29-10-6-24-53(58)56-43-42-51(45-67(56)69)72(49-40-38-47(39-41-49)46-20-4-3-5-21-46)50-23-18-22-48(44-50)52-28-19-37-66-68(52)57-27-9-13-32-61(57)71(66)64-35-16-14-33-62(64)70(63-34-15-17-36-65(63)71)59-30-11-7-25-54(59)55-26-8-12-31-60(55)70/h3-45H,1-2H3. The molecule has 11 aromatic carbocycles. The molecule has 0 atom stereocenters. The Bertz CT molecular complexity index is 3930. The van der Waals surface area contributed by atoms with Crippen LogP contribution in [0.15, 0.2) is 261 Å². The molecular weight excluding hydrogens is 867 g/mol. The highest BCUT2D eigenvalue weighted by atomic mass is 15.1. The Morgan fingerprint density at radius 2 is 0.625 bits per heavy atom. The van der Waals surface area contributed by atoms with E-state index < -0.39 is 10.8 Å². The Balaban J connectivity index is 0.940. The van der Waals surface area contributed by atoms with Crippen molar-refractivity contribution in [2.45, 2.75) is 30.1 Å². The van der Waals surface area contributed by atoms with E-state index >= 15 is 0 Å². The first kappa shape index (κ1) is 41.0. The van der Waals surface area contributed by atoms with Crippen LogP contribution in [0.2, 0.25) is 0 Å². The maximum absolute atomic E-state index is 2.46. The Hall–Kier alpha value is -8.78. The lowest BCUT2D eigenvalue weighted by Crippen LogP contribution is -2.43. The summed E-state index contributed by atoms with van der Waals surface area (Å²) in [4.78, 5) is 2.46. The van der Waals surface area contributed by atoms with Gasteiger partial charge in [0, 0.05) is 22.5 Å². The van der Waals surface area contributed by atoms with Crippen molar-refractivity contribution in [2.24, 2.45) is 0 Å². The van der Waals surface area contributed by atoms with Crippen molar-refractivity contribution >= 4 is 17.1 Å². The Morgan fingerprint density at radius 3 is 1.24 bits per heavy atom. The third kappa shape index (κ3) is 5.32. The maximum Gasteiger partial charge on any atom is 0.0720 e. The molecule has 0 saturated heterocycles. The Labute approximate surface area is 422 Å². The highest BCUT2D eigenvalue weighted by Crippen LogP contribution is 2.68. The SMILES string of the molecule is CC1(C)c2ccccc2-c2ccc(N(c3ccc(-c4ccccc4)cc3)c3cccc(-c4cccc5c4-c4ccccc4C54c5ccccc5C5(c6ccccc6-c6ccccc65)c5ccccc54)c3)cc21. The fourth-order valence-corrected chi connectivity index (χ4v) is 14.1. The lowest BCUT2D eigenvalue weighted by atomic mass is 9.52. The van der Waals surface area contributed by atoms with E-state index in [0.717, 1.165) is 17.1 Å². The van der Waals surface area contributed by atoms with Crippen LogP contribution in [0, 0.1) is 0 Å². The van der Waals surface area contributed by atoms with Gasteiger partial charge in [0.15, 0.2) is 0 Å². The Kier molecular flexibility index (Phi) is 8.62. The van der Waals surface area contributed by atoms with Gasteiger partial charge in [-0.05, 0) is 148 Å². The van der Waals surface area contributed by atoms with E-state index in [2.05, 4.69) is 280 Å². The molecule has 0 aliphatic heterocycles. The molecule has 4 aliphatic rings. The number of fused-ring (bicyclic) bond motifs is 19. The summed E-state index contributed by atoms with van der Waals surface area (Å²) in [6, 6.07) is 98.5. The molecule has 0 N–H and O–H groups in total. The fourth-order valence-electron chi connectivity index (χ4n) is 14.1. The first-order valence-electron chi connectivity index (χ1n) is 25.4. The van der Waals surface area contributed by atoms with Gasteiger partial charge >= 0.3 is 0 Å². The normalized spacial score (nSPS) is 14.9. The third-order valence-electron chi connectivity index (χ3n) is 17.0. The van der Waals surface area contributed by atoms with Crippen molar-refractivity contribution in [3.63, 3.8) is 0 Å². The van der Waals surface area contributed by atoms with Crippen molar-refractivity contribution in [2.75, 3.05) is 4.90 Å². The zero-order valence-electron chi connectivity index (χ0n) is 40.3. The molecule has 0 heterocycles. The second-order valence-electron chi connectivity index (χ2n) is 20.7. The number of hydrogen-bond donors (Lipinski definition) is 0. The minimum Gasteiger partial charge on any atom is -0.310 e. The molecule has 4 aliphatic carbocycles. The summed E-state index contributed by atoms with van der Waals surface area (Å²) in [6.07, 6.45) is 0. The van der Waals surface area contributed by atoms with Crippen molar-refractivity contribution < 1.29 is 0 Å². The smallest absolute Gasteiger partial charge is 0.0720 e. The van der Waals surface area contributed by atoms with Crippen LogP contribution in [0.25, 0.3) is 55.6 Å². The van der Waals surface area contributed by atoms with Gasteiger partial charge in [-0.3, -0.25) is 0 Å². The topological polar surface area (TPSA) is 3.24 Å². The number of benzene rings is 11. The molecule has 72 heavy (non-hydrogen) atoms. The van der Waals surface area contributed by atoms with Crippen LogP contribution in [0.3, 0.4) is 0 Å². The quantitative estimate of drug-likeness (QED) is 0.166. The molecule has 338 valence electrons. The number of hydrogen-bond acceptors (Lipinski definition) is 1. The van der Waals surface area contributed by atoms with Crippen molar-refractivity contribution in [1.82, 2.24) is 0 Å². The lowest BCUT2D eigenvalue weighted by molar-refractivity contribution is 0.633. The molecule has 0 unspecified atom stereocenters. The first-order valence-corrected chi connectivity index (χ1v) is 25.4. The Morgan fingerprint density at radius 1 is 0.236 bits per heavy atom. The van der Waals surface area contributed by atoms with Gasteiger partial charge in [0.25, 0.3) is 0 Å². The second-order valence-corrected chi connectivity index (χ2v) is 20.7. The molecule has 0 aromatic heterocycles. The molecule has 2 spiro atoms. The van der Waals surface area contributed by atoms with Crippen LogP contribution in [0.4, 0.5) is 17.1 Å². The van der Waals surface area contributed by atoms with E-state index in [1.807, 2.05) is 0 Å². The van der Waals surface area contributed by atoms with E-state index in [0.29, 0.717) is 0 Å². The van der Waals surface area contributed by atoms with E-state index in [1.165, 1.54) is 111 Å². The largest absolute Gasteiger partial charge is 0.310 e. The van der Waals surface area contributed by atoms with Crippen LogP contribution in [0.5, 0.6) is 0 Å². The van der Waals surface area contributed by atoms with E-state index in [4.69, 9.17) is 0 Å². The van der Waals surface area contributed by atoms with Gasteiger partial charge in [-0.1, -0.05) is 238 Å². The highest BCUT2D eigenvalue weighted by Gasteiger charge is 2.59. The monoisotopic (exact) mass is 915 g/mol. The van der Waals surface area contributed by atoms with Crippen molar-refractivity contribution in [3.05, 3.63) is 316 Å². The molecule has 0 bridgehead atoms. The molecule has 0 radical (unpaired) electrons. The summed E-state index contributed by atoms with van der Waals surface area (Å²) in [7, 11) is 0. The molecule has 15 rings (SSSR count). The zero-order valence-corrected chi connectivity index (χ0v) is 40.3. The number of anilines is 3. The summed E-state index contributed by atoms with van der Waals surface area (Å²) in [5.74, 6) is 0. The van der Waals surface area contributed by atoms with Crippen LogP contribution in [0.1, 0.15) is 69.5 Å². The van der Waals surface area contributed by atoms with Gasteiger partial charge in [-0.15, -0.1) is 0 Å². The average molecular weight is 916 g/mol. The first-order chi connectivity index (χ1) is 35.5. The molecular formula is C71H49N. The summed E-state index contributed by atoms with van der Waals surface area (Å²) in [5.41, 5.74) is 28.4. The lowest BCUT2D eigenvalue weighted by Gasteiger charge is -2.48. The third-order valence-corrected chi connectivity index (χ3v) is 17.0. The summed E-state index contributed by atoms with van der Waals surface area (Å²) in [6.45, 7) is 4.74. The minimum atomic E-state index is -0.564.